The lowest BCUT2D eigenvalue weighted by Crippen LogP contribution is -2.33. The fraction of sp³-hybridized carbons (Fsp3) is 0.419. The number of Topliss-reactive ketones (excluding diaryl/α,β-unsaturated/α-hetero) is 1. The highest BCUT2D eigenvalue weighted by Crippen LogP contribution is 2.39. The number of sulfonamides is 1. The molecule has 0 atom stereocenters. The van der Waals surface area contributed by atoms with E-state index in [2.05, 4.69) is 14.9 Å². The molecule has 2 N–H and O–H groups in total. The monoisotopic (exact) mass is 581 g/mol. The van der Waals surface area contributed by atoms with Gasteiger partial charge in [0.05, 0.1) is 24.7 Å². The predicted octanol–water partition coefficient (Wildman–Crippen LogP) is 5.20. The van der Waals surface area contributed by atoms with E-state index in [-0.39, 0.29) is 28.1 Å². The number of ether oxygens (including phenoxy) is 2. The summed E-state index contributed by atoms with van der Waals surface area (Å²) >= 11 is 0. The highest BCUT2D eigenvalue weighted by atomic mass is 32.2. The molecule has 0 aromatic heterocycles. The number of rotatable bonds is 10. The molecule has 0 unspecified atom stereocenters. The Morgan fingerprint density at radius 1 is 0.951 bits per heavy atom. The van der Waals surface area contributed by atoms with Gasteiger partial charge in [0.1, 0.15) is 12.4 Å². The first-order valence-electron chi connectivity index (χ1n) is 13.8. The number of amides is 1. The molecular formula is C31H39N3O6S. The van der Waals surface area contributed by atoms with Crippen molar-refractivity contribution < 1.29 is 27.5 Å². The molecule has 1 fully saturated rings. The zero-order valence-corrected chi connectivity index (χ0v) is 25.2. The van der Waals surface area contributed by atoms with Gasteiger partial charge in [-0.05, 0) is 66.6 Å². The van der Waals surface area contributed by atoms with Crippen LogP contribution < -0.4 is 19.5 Å². The maximum absolute atomic E-state index is 13.5. The van der Waals surface area contributed by atoms with Crippen molar-refractivity contribution in [1.82, 2.24) is 4.90 Å². The average molecular weight is 582 g/mol. The summed E-state index contributed by atoms with van der Waals surface area (Å²) < 4.78 is 38.1. The smallest absolute Gasteiger partial charge is 0.296 e. The van der Waals surface area contributed by atoms with E-state index in [1.54, 1.807) is 30.3 Å². The van der Waals surface area contributed by atoms with Crippen molar-refractivity contribution in [3.8, 4) is 11.5 Å². The van der Waals surface area contributed by atoms with E-state index in [1.807, 2.05) is 39.0 Å². The fourth-order valence-corrected chi connectivity index (χ4v) is 5.57. The number of likely N-dealkylation sites (tertiary alicyclic amines) is 1. The van der Waals surface area contributed by atoms with Gasteiger partial charge < -0.3 is 14.8 Å². The van der Waals surface area contributed by atoms with Crippen LogP contribution in [-0.4, -0.2) is 64.6 Å². The molecule has 1 saturated heterocycles. The van der Waals surface area contributed by atoms with E-state index in [0.29, 0.717) is 17.7 Å². The van der Waals surface area contributed by atoms with Crippen LogP contribution in [0.15, 0.2) is 48.5 Å². The largest absolute Gasteiger partial charge is 0.492 e. The molecule has 10 heteroatoms. The minimum atomic E-state index is -3.64. The van der Waals surface area contributed by atoms with Gasteiger partial charge in [0.2, 0.25) is 10.0 Å². The number of carbonyl (C=O) groups is 2. The number of hydrogen-bond donors (Lipinski definition) is 2. The SMILES string of the molecule is COc1c(NC(=O)C(=O)c2ccc(OCCN3CCCCC3)c3ccccc23)cc(C(C)(C)C)cc1NS(C)(=O)=O. The van der Waals surface area contributed by atoms with E-state index in [0.717, 1.165) is 36.8 Å². The summed E-state index contributed by atoms with van der Waals surface area (Å²) in [6, 6.07) is 14.0. The molecule has 1 aliphatic rings. The number of nitrogens with one attached hydrogen (secondary N) is 2. The summed E-state index contributed by atoms with van der Waals surface area (Å²) in [6.07, 6.45) is 4.73. The number of carbonyl (C=O) groups excluding carboxylic acids is 2. The number of hydrogen-bond acceptors (Lipinski definition) is 7. The van der Waals surface area contributed by atoms with Crippen LogP contribution in [0.5, 0.6) is 11.5 Å². The first-order chi connectivity index (χ1) is 19.4. The number of ketones is 1. The minimum Gasteiger partial charge on any atom is -0.492 e. The van der Waals surface area contributed by atoms with E-state index in [9.17, 15) is 18.0 Å². The van der Waals surface area contributed by atoms with Gasteiger partial charge in [0, 0.05) is 17.5 Å². The molecule has 1 heterocycles. The molecular weight excluding hydrogens is 542 g/mol. The summed E-state index contributed by atoms with van der Waals surface area (Å²) in [6.45, 7) is 9.41. The van der Waals surface area contributed by atoms with Crippen molar-refractivity contribution in [1.29, 1.82) is 0 Å². The lowest BCUT2D eigenvalue weighted by atomic mass is 9.86. The van der Waals surface area contributed by atoms with Gasteiger partial charge in [-0.1, -0.05) is 51.5 Å². The first-order valence-corrected chi connectivity index (χ1v) is 15.7. The molecule has 0 saturated carbocycles. The number of fused-ring (bicyclic) bond motifs is 1. The zero-order valence-electron chi connectivity index (χ0n) is 24.4. The molecule has 0 spiro atoms. The van der Waals surface area contributed by atoms with Crippen molar-refractivity contribution in [2.24, 2.45) is 0 Å². The fourth-order valence-electron chi connectivity index (χ4n) is 5.01. The third-order valence-electron chi connectivity index (χ3n) is 7.15. The number of methoxy groups -OCH3 is 1. The molecule has 0 aliphatic carbocycles. The average Bonchev–Trinajstić information content (AvgIpc) is 2.92. The Hall–Kier alpha value is -3.63. The summed E-state index contributed by atoms with van der Waals surface area (Å²) in [7, 11) is -2.27. The standard InChI is InChI=1S/C31H39N3O6S/c1-31(2,3)21-19-25(29(39-4)26(20-21)33-41(5,37)38)32-30(36)28(35)24-13-14-27(23-12-8-7-11-22(23)24)40-18-17-34-15-9-6-10-16-34/h7-8,11-14,19-20,33H,6,9-10,15-18H2,1-5H3,(H,32,36). The minimum absolute atomic E-state index is 0.104. The van der Waals surface area contributed by atoms with Gasteiger partial charge in [-0.2, -0.15) is 0 Å². The van der Waals surface area contributed by atoms with Crippen LogP contribution in [-0.2, 0) is 20.2 Å². The van der Waals surface area contributed by atoms with E-state index < -0.39 is 21.7 Å². The Labute approximate surface area is 242 Å². The summed E-state index contributed by atoms with van der Waals surface area (Å²) in [5, 5.41) is 4.02. The quantitative estimate of drug-likeness (QED) is 0.250. The third kappa shape index (κ3) is 7.56. The van der Waals surface area contributed by atoms with Gasteiger partial charge in [-0.3, -0.25) is 19.2 Å². The van der Waals surface area contributed by atoms with Crippen LogP contribution >= 0.6 is 0 Å². The zero-order chi connectivity index (χ0) is 29.8. The van der Waals surface area contributed by atoms with Gasteiger partial charge in [-0.15, -0.1) is 0 Å². The van der Waals surface area contributed by atoms with Crippen LogP contribution in [0.2, 0.25) is 0 Å². The van der Waals surface area contributed by atoms with E-state index >= 15 is 0 Å². The molecule has 3 aromatic carbocycles. The van der Waals surface area contributed by atoms with Crippen molar-refractivity contribution in [3.63, 3.8) is 0 Å². The topological polar surface area (TPSA) is 114 Å². The lowest BCUT2D eigenvalue weighted by molar-refractivity contribution is -0.112. The number of nitrogens with zero attached hydrogens (tertiary/aromatic N) is 1. The van der Waals surface area contributed by atoms with Crippen LogP contribution in [0.3, 0.4) is 0 Å². The number of benzene rings is 3. The van der Waals surface area contributed by atoms with Gasteiger partial charge in [-0.25, -0.2) is 8.42 Å². The highest BCUT2D eigenvalue weighted by Gasteiger charge is 2.25. The lowest BCUT2D eigenvalue weighted by Gasteiger charge is -2.26. The van der Waals surface area contributed by atoms with Gasteiger partial charge in [0.15, 0.2) is 5.75 Å². The normalized spacial score (nSPS) is 14.5. The second-order valence-corrected chi connectivity index (χ2v) is 13.2. The van der Waals surface area contributed by atoms with Crippen LogP contribution in [0.4, 0.5) is 11.4 Å². The molecule has 220 valence electrons. The molecule has 1 amide bonds. The Balaban J connectivity index is 1.61. The maximum Gasteiger partial charge on any atom is 0.296 e. The molecule has 3 aromatic rings. The van der Waals surface area contributed by atoms with Crippen molar-refractivity contribution in [2.45, 2.75) is 45.4 Å². The summed E-state index contributed by atoms with van der Waals surface area (Å²) in [5.41, 5.74) is 0.947. The van der Waals surface area contributed by atoms with E-state index in [1.165, 1.54) is 26.4 Å². The van der Waals surface area contributed by atoms with E-state index in [4.69, 9.17) is 9.47 Å². The van der Waals surface area contributed by atoms with Gasteiger partial charge >= 0.3 is 0 Å². The van der Waals surface area contributed by atoms with Gasteiger partial charge in [0.25, 0.3) is 11.7 Å². The second kappa shape index (κ2) is 12.5. The van der Waals surface area contributed by atoms with Crippen molar-refractivity contribution >= 4 is 43.9 Å². The molecule has 41 heavy (non-hydrogen) atoms. The Morgan fingerprint density at radius 2 is 1.61 bits per heavy atom. The third-order valence-corrected chi connectivity index (χ3v) is 7.74. The number of anilines is 2. The van der Waals surface area contributed by atoms with Crippen molar-refractivity contribution in [2.75, 3.05) is 49.6 Å². The van der Waals surface area contributed by atoms with Crippen molar-refractivity contribution in [3.05, 3.63) is 59.7 Å². The van der Waals surface area contributed by atoms with Crippen LogP contribution in [0.25, 0.3) is 10.8 Å². The number of piperidine rings is 1. The second-order valence-electron chi connectivity index (χ2n) is 11.4. The molecule has 0 radical (unpaired) electrons. The Bertz CT molecular complexity index is 1540. The van der Waals surface area contributed by atoms with Crippen LogP contribution in [0, 0.1) is 0 Å². The predicted molar refractivity (Wildman–Crippen MR) is 163 cm³/mol. The van der Waals surface area contributed by atoms with Crippen LogP contribution in [0.1, 0.15) is 56.0 Å². The molecule has 4 rings (SSSR count). The Morgan fingerprint density at radius 3 is 2.24 bits per heavy atom. The molecule has 9 nitrogen and oxygen atoms in total. The summed E-state index contributed by atoms with van der Waals surface area (Å²) in [4.78, 5) is 29.2. The highest BCUT2D eigenvalue weighted by molar-refractivity contribution is 7.92. The maximum atomic E-state index is 13.5. The first kappa shape index (κ1) is 30.3. The summed E-state index contributed by atoms with van der Waals surface area (Å²) in [5.74, 6) is -0.844. The molecule has 1 aliphatic heterocycles. The molecule has 0 bridgehead atoms. The Kier molecular flexibility index (Phi) is 9.24.